The molecule has 0 aromatic heterocycles. The van der Waals surface area contributed by atoms with E-state index in [2.05, 4.69) is 5.32 Å². The highest BCUT2D eigenvalue weighted by molar-refractivity contribution is 5.87. The molecule has 0 aliphatic carbocycles. The molecule has 110 valence electrons. The Morgan fingerprint density at radius 1 is 1.14 bits per heavy atom. The molecule has 3 nitrogen and oxygen atoms in total. The van der Waals surface area contributed by atoms with Gasteiger partial charge >= 0.3 is 5.97 Å². The number of rotatable bonds is 5. The van der Waals surface area contributed by atoms with Crippen LogP contribution in [-0.2, 0) is 6.54 Å². The maximum atomic E-state index is 13.2. The number of carboxylic acid groups (broad SMARTS) is 1. The highest BCUT2D eigenvalue weighted by atomic mass is 19.2. The lowest BCUT2D eigenvalue weighted by Crippen LogP contribution is -2.18. The molecule has 2 aromatic carbocycles. The van der Waals surface area contributed by atoms with Crippen LogP contribution in [0.15, 0.2) is 42.5 Å². The molecule has 2 rings (SSSR count). The molecule has 0 radical (unpaired) electrons. The van der Waals surface area contributed by atoms with E-state index in [1.165, 1.54) is 24.3 Å². The SMILES string of the molecule is CC(NCc1ccc(C(=O)O)cc1)c1ccc(F)c(F)c1. The summed E-state index contributed by atoms with van der Waals surface area (Å²) in [7, 11) is 0. The summed E-state index contributed by atoms with van der Waals surface area (Å²) in [4.78, 5) is 10.7. The van der Waals surface area contributed by atoms with E-state index in [9.17, 15) is 13.6 Å². The van der Waals surface area contributed by atoms with Gasteiger partial charge in [-0.2, -0.15) is 0 Å². The molecule has 5 heteroatoms. The average Bonchev–Trinajstić information content (AvgIpc) is 2.48. The van der Waals surface area contributed by atoms with E-state index >= 15 is 0 Å². The second kappa shape index (κ2) is 6.45. The van der Waals surface area contributed by atoms with E-state index in [0.29, 0.717) is 12.1 Å². The molecule has 21 heavy (non-hydrogen) atoms. The maximum absolute atomic E-state index is 13.2. The van der Waals surface area contributed by atoms with E-state index < -0.39 is 17.6 Å². The Bertz CT molecular complexity index is 641. The number of carboxylic acids is 1. The van der Waals surface area contributed by atoms with Crippen LogP contribution in [0.4, 0.5) is 8.78 Å². The van der Waals surface area contributed by atoms with Gasteiger partial charge in [0, 0.05) is 12.6 Å². The number of benzene rings is 2. The van der Waals surface area contributed by atoms with E-state index in [0.717, 1.165) is 11.6 Å². The van der Waals surface area contributed by atoms with Gasteiger partial charge in [-0.25, -0.2) is 13.6 Å². The number of carbonyl (C=O) groups is 1. The van der Waals surface area contributed by atoms with Gasteiger partial charge in [0.15, 0.2) is 11.6 Å². The number of halogens is 2. The number of aromatic carboxylic acids is 1. The number of nitrogens with one attached hydrogen (secondary N) is 1. The third-order valence-electron chi connectivity index (χ3n) is 3.26. The van der Waals surface area contributed by atoms with Gasteiger partial charge in [-0.3, -0.25) is 0 Å². The lowest BCUT2D eigenvalue weighted by atomic mass is 10.1. The lowest BCUT2D eigenvalue weighted by molar-refractivity contribution is 0.0697. The van der Waals surface area contributed by atoms with Gasteiger partial charge in [0.05, 0.1) is 5.56 Å². The zero-order valence-electron chi connectivity index (χ0n) is 11.4. The van der Waals surface area contributed by atoms with E-state index in [1.807, 2.05) is 6.92 Å². The maximum Gasteiger partial charge on any atom is 0.335 e. The molecule has 0 heterocycles. The molecule has 0 aliphatic heterocycles. The summed E-state index contributed by atoms with van der Waals surface area (Å²) >= 11 is 0. The zero-order valence-corrected chi connectivity index (χ0v) is 11.4. The minimum atomic E-state index is -0.968. The van der Waals surface area contributed by atoms with Crippen molar-refractivity contribution in [3.8, 4) is 0 Å². The molecule has 2 N–H and O–H groups in total. The van der Waals surface area contributed by atoms with Crippen molar-refractivity contribution in [1.82, 2.24) is 5.32 Å². The van der Waals surface area contributed by atoms with Crippen molar-refractivity contribution in [1.29, 1.82) is 0 Å². The lowest BCUT2D eigenvalue weighted by Gasteiger charge is -2.14. The highest BCUT2D eigenvalue weighted by Crippen LogP contribution is 2.16. The smallest absolute Gasteiger partial charge is 0.335 e. The predicted molar refractivity (Wildman–Crippen MR) is 75.0 cm³/mol. The molecule has 1 unspecified atom stereocenters. The molecule has 2 aromatic rings. The van der Waals surface area contributed by atoms with E-state index in [4.69, 9.17) is 5.11 Å². The fraction of sp³-hybridized carbons (Fsp3) is 0.188. The number of hydrogen-bond acceptors (Lipinski definition) is 2. The highest BCUT2D eigenvalue weighted by Gasteiger charge is 2.09. The van der Waals surface area contributed by atoms with Crippen molar-refractivity contribution >= 4 is 5.97 Å². The quantitative estimate of drug-likeness (QED) is 0.886. The standard InChI is InChI=1S/C16H15F2NO2/c1-10(13-6-7-14(17)15(18)8-13)19-9-11-2-4-12(5-3-11)16(20)21/h2-8,10,19H,9H2,1H3,(H,20,21). The fourth-order valence-electron chi connectivity index (χ4n) is 1.94. The summed E-state index contributed by atoms with van der Waals surface area (Å²) in [6.45, 7) is 2.35. The second-order valence-corrected chi connectivity index (χ2v) is 4.78. The summed E-state index contributed by atoms with van der Waals surface area (Å²) in [5.74, 6) is -2.70. The zero-order chi connectivity index (χ0) is 15.4. The molecule has 0 bridgehead atoms. The molecule has 0 fully saturated rings. The first-order valence-corrected chi connectivity index (χ1v) is 6.48. The van der Waals surface area contributed by atoms with Crippen molar-refractivity contribution in [2.45, 2.75) is 19.5 Å². The Kier molecular flexibility index (Phi) is 4.65. The summed E-state index contributed by atoms with van der Waals surface area (Å²) in [5, 5.41) is 12.0. The summed E-state index contributed by atoms with van der Waals surface area (Å²) in [6, 6.07) is 10.1. The van der Waals surface area contributed by atoms with Crippen molar-refractivity contribution < 1.29 is 18.7 Å². The first-order chi connectivity index (χ1) is 9.97. The largest absolute Gasteiger partial charge is 0.478 e. The van der Waals surface area contributed by atoms with Crippen LogP contribution < -0.4 is 5.32 Å². The third-order valence-corrected chi connectivity index (χ3v) is 3.26. The molecule has 0 aliphatic rings. The Labute approximate surface area is 121 Å². The number of hydrogen-bond donors (Lipinski definition) is 2. The average molecular weight is 291 g/mol. The normalized spacial score (nSPS) is 12.1. The molecular formula is C16H15F2NO2. The third kappa shape index (κ3) is 3.86. The molecule has 0 amide bonds. The molecule has 0 saturated heterocycles. The van der Waals surface area contributed by atoms with Gasteiger partial charge in [0.2, 0.25) is 0 Å². The minimum Gasteiger partial charge on any atom is -0.478 e. The Balaban J connectivity index is 1.98. The summed E-state index contributed by atoms with van der Waals surface area (Å²) in [5.41, 5.74) is 1.79. The predicted octanol–water partition coefficient (Wildman–Crippen LogP) is 3.51. The minimum absolute atomic E-state index is 0.153. The molecular weight excluding hydrogens is 276 g/mol. The topological polar surface area (TPSA) is 49.3 Å². The van der Waals surface area contributed by atoms with Crippen LogP contribution >= 0.6 is 0 Å². The van der Waals surface area contributed by atoms with Crippen molar-refractivity contribution in [2.75, 3.05) is 0 Å². The van der Waals surface area contributed by atoms with Crippen molar-refractivity contribution in [3.05, 3.63) is 70.8 Å². The van der Waals surface area contributed by atoms with Crippen LogP contribution in [0.25, 0.3) is 0 Å². The van der Waals surface area contributed by atoms with Gasteiger partial charge in [-0.15, -0.1) is 0 Å². The Hall–Kier alpha value is -2.27. The fourth-order valence-corrected chi connectivity index (χ4v) is 1.94. The van der Waals surface area contributed by atoms with Crippen molar-refractivity contribution in [2.24, 2.45) is 0 Å². The Morgan fingerprint density at radius 3 is 2.38 bits per heavy atom. The van der Waals surface area contributed by atoms with E-state index in [-0.39, 0.29) is 11.6 Å². The summed E-state index contributed by atoms with van der Waals surface area (Å²) < 4.78 is 26.0. The van der Waals surface area contributed by atoms with Crippen LogP contribution in [0.2, 0.25) is 0 Å². The molecule has 1 atom stereocenters. The van der Waals surface area contributed by atoms with Crippen LogP contribution in [0.1, 0.15) is 34.5 Å². The van der Waals surface area contributed by atoms with Crippen LogP contribution in [0.3, 0.4) is 0 Å². The van der Waals surface area contributed by atoms with Crippen molar-refractivity contribution in [3.63, 3.8) is 0 Å². The van der Waals surface area contributed by atoms with Crippen LogP contribution in [-0.4, -0.2) is 11.1 Å². The molecule has 0 saturated carbocycles. The van der Waals surface area contributed by atoms with Gasteiger partial charge in [0.25, 0.3) is 0 Å². The van der Waals surface area contributed by atoms with Gasteiger partial charge in [-0.05, 0) is 42.3 Å². The van der Waals surface area contributed by atoms with E-state index in [1.54, 1.807) is 12.1 Å². The van der Waals surface area contributed by atoms with Gasteiger partial charge < -0.3 is 10.4 Å². The van der Waals surface area contributed by atoms with Crippen LogP contribution in [0, 0.1) is 11.6 Å². The Morgan fingerprint density at radius 2 is 1.81 bits per heavy atom. The first kappa shape index (κ1) is 15.1. The second-order valence-electron chi connectivity index (χ2n) is 4.78. The van der Waals surface area contributed by atoms with Gasteiger partial charge in [-0.1, -0.05) is 18.2 Å². The van der Waals surface area contributed by atoms with Gasteiger partial charge in [0.1, 0.15) is 0 Å². The summed E-state index contributed by atoms with van der Waals surface area (Å²) in [6.07, 6.45) is 0. The monoisotopic (exact) mass is 291 g/mol. The first-order valence-electron chi connectivity index (χ1n) is 6.48. The molecule has 0 spiro atoms. The van der Waals surface area contributed by atoms with Crippen LogP contribution in [0.5, 0.6) is 0 Å².